The molecular formula is C16H16O5. The maximum absolute atomic E-state index is 12.6. The minimum Gasteiger partial charge on any atom is -0.508 e. The molecule has 110 valence electrons. The summed E-state index contributed by atoms with van der Waals surface area (Å²) < 4.78 is 5.03. The Morgan fingerprint density at radius 2 is 1.43 bits per heavy atom. The minimum atomic E-state index is -0.511. The first-order valence-electron chi connectivity index (χ1n) is 6.30. The first kappa shape index (κ1) is 14.7. The molecule has 2 aromatic carbocycles. The molecule has 0 saturated carbocycles. The molecule has 0 amide bonds. The molecule has 0 aromatic heterocycles. The van der Waals surface area contributed by atoms with Crippen LogP contribution in [0.1, 0.15) is 27.0 Å². The van der Waals surface area contributed by atoms with Gasteiger partial charge < -0.3 is 20.1 Å². The molecule has 2 aromatic rings. The second-order valence-corrected chi connectivity index (χ2v) is 4.82. The Morgan fingerprint density at radius 3 is 1.90 bits per heavy atom. The fraction of sp³-hybridized carbons (Fsp3) is 0.188. The number of ketones is 1. The van der Waals surface area contributed by atoms with E-state index in [0.29, 0.717) is 16.9 Å². The van der Waals surface area contributed by atoms with Gasteiger partial charge >= 0.3 is 0 Å². The summed E-state index contributed by atoms with van der Waals surface area (Å²) in [4.78, 5) is 12.6. The number of phenols is 3. The van der Waals surface area contributed by atoms with Crippen molar-refractivity contribution < 1.29 is 24.9 Å². The Balaban J connectivity index is 2.61. The summed E-state index contributed by atoms with van der Waals surface area (Å²) in [6, 6.07) is 5.44. The van der Waals surface area contributed by atoms with Crippen LogP contribution < -0.4 is 4.74 Å². The van der Waals surface area contributed by atoms with Crippen LogP contribution in [0.3, 0.4) is 0 Å². The molecule has 21 heavy (non-hydrogen) atoms. The van der Waals surface area contributed by atoms with Crippen LogP contribution in [0.2, 0.25) is 0 Å². The minimum absolute atomic E-state index is 0.0522. The molecule has 0 radical (unpaired) electrons. The van der Waals surface area contributed by atoms with Crippen LogP contribution in [0.4, 0.5) is 0 Å². The first-order chi connectivity index (χ1) is 9.85. The van der Waals surface area contributed by atoms with E-state index in [-0.39, 0.29) is 28.4 Å². The monoisotopic (exact) mass is 288 g/mol. The second-order valence-electron chi connectivity index (χ2n) is 4.82. The van der Waals surface area contributed by atoms with Gasteiger partial charge in [0.2, 0.25) is 5.78 Å². The summed E-state index contributed by atoms with van der Waals surface area (Å²) in [7, 11) is 1.46. The Hall–Kier alpha value is -2.69. The number of hydrogen-bond donors (Lipinski definition) is 3. The highest BCUT2D eigenvalue weighted by Gasteiger charge is 2.22. The van der Waals surface area contributed by atoms with Crippen molar-refractivity contribution in [2.75, 3.05) is 7.11 Å². The quantitative estimate of drug-likeness (QED) is 0.756. The normalized spacial score (nSPS) is 10.4. The van der Waals surface area contributed by atoms with Crippen molar-refractivity contribution in [1.29, 1.82) is 0 Å². The molecule has 5 heteroatoms. The number of phenolic OH excluding ortho intramolecular Hbond substituents is 3. The van der Waals surface area contributed by atoms with Crippen LogP contribution in [0, 0.1) is 13.8 Å². The van der Waals surface area contributed by atoms with Gasteiger partial charge in [0, 0.05) is 12.1 Å². The molecular weight excluding hydrogens is 272 g/mol. The fourth-order valence-electron chi connectivity index (χ4n) is 2.32. The number of aromatic hydroxyl groups is 3. The number of hydrogen-bond acceptors (Lipinski definition) is 5. The lowest BCUT2D eigenvalue weighted by Crippen LogP contribution is -2.07. The van der Waals surface area contributed by atoms with E-state index in [1.807, 2.05) is 0 Å². The van der Waals surface area contributed by atoms with E-state index in [9.17, 15) is 20.1 Å². The molecule has 5 nitrogen and oxygen atoms in total. The standard InChI is InChI=1S/C16H16O5/c1-8-4-10(17)6-12(18)14(8)16(20)15-9(2)5-11(21-3)7-13(15)19/h4-7,17-19H,1-3H3. The average molecular weight is 288 g/mol. The van der Waals surface area contributed by atoms with Crippen LogP contribution >= 0.6 is 0 Å². The number of aryl methyl sites for hydroxylation is 2. The van der Waals surface area contributed by atoms with Gasteiger partial charge in [-0.1, -0.05) is 0 Å². The number of ether oxygens (including phenoxy) is 1. The molecule has 0 bridgehead atoms. The summed E-state index contributed by atoms with van der Waals surface area (Å²) >= 11 is 0. The molecule has 0 atom stereocenters. The van der Waals surface area contributed by atoms with E-state index >= 15 is 0 Å². The molecule has 0 aliphatic carbocycles. The predicted molar refractivity (Wildman–Crippen MR) is 77.3 cm³/mol. The highest BCUT2D eigenvalue weighted by molar-refractivity contribution is 6.14. The van der Waals surface area contributed by atoms with Gasteiger partial charge in [0.1, 0.15) is 23.0 Å². The lowest BCUT2D eigenvalue weighted by atomic mass is 9.94. The van der Waals surface area contributed by atoms with E-state index in [0.717, 1.165) is 6.07 Å². The van der Waals surface area contributed by atoms with Crippen molar-refractivity contribution in [1.82, 2.24) is 0 Å². The van der Waals surface area contributed by atoms with Crippen LogP contribution in [-0.2, 0) is 0 Å². The van der Waals surface area contributed by atoms with Crippen LogP contribution in [-0.4, -0.2) is 28.2 Å². The van der Waals surface area contributed by atoms with Crippen molar-refractivity contribution in [2.45, 2.75) is 13.8 Å². The van der Waals surface area contributed by atoms with Crippen LogP contribution in [0.15, 0.2) is 24.3 Å². The zero-order chi connectivity index (χ0) is 15.7. The first-order valence-corrected chi connectivity index (χ1v) is 6.30. The second kappa shape index (κ2) is 5.36. The zero-order valence-corrected chi connectivity index (χ0v) is 12.0. The van der Waals surface area contributed by atoms with E-state index in [1.54, 1.807) is 19.9 Å². The molecule has 0 aliphatic rings. The molecule has 0 heterocycles. The predicted octanol–water partition coefficient (Wildman–Crippen LogP) is 2.66. The number of benzene rings is 2. The van der Waals surface area contributed by atoms with Crippen molar-refractivity contribution in [3.8, 4) is 23.0 Å². The third-order valence-corrected chi connectivity index (χ3v) is 3.28. The third kappa shape index (κ3) is 2.63. The Kier molecular flexibility index (Phi) is 3.76. The largest absolute Gasteiger partial charge is 0.508 e. The molecule has 0 aliphatic heterocycles. The van der Waals surface area contributed by atoms with Gasteiger partial charge in [0.05, 0.1) is 18.2 Å². The van der Waals surface area contributed by atoms with Crippen LogP contribution in [0.25, 0.3) is 0 Å². The van der Waals surface area contributed by atoms with Gasteiger partial charge in [-0.05, 0) is 37.1 Å². The molecule has 0 unspecified atom stereocenters. The number of carbonyl (C=O) groups is 1. The van der Waals surface area contributed by atoms with Crippen molar-refractivity contribution in [3.63, 3.8) is 0 Å². The number of rotatable bonds is 3. The summed E-state index contributed by atoms with van der Waals surface area (Å²) in [5, 5.41) is 29.3. The van der Waals surface area contributed by atoms with Gasteiger partial charge in [-0.15, -0.1) is 0 Å². The zero-order valence-electron chi connectivity index (χ0n) is 12.0. The Bertz CT molecular complexity index is 673. The van der Waals surface area contributed by atoms with E-state index < -0.39 is 5.78 Å². The van der Waals surface area contributed by atoms with Gasteiger partial charge in [0.25, 0.3) is 0 Å². The number of methoxy groups -OCH3 is 1. The highest BCUT2D eigenvalue weighted by atomic mass is 16.5. The Morgan fingerprint density at radius 1 is 0.905 bits per heavy atom. The summed E-state index contributed by atoms with van der Waals surface area (Å²) in [5.74, 6) is -0.746. The van der Waals surface area contributed by atoms with E-state index in [2.05, 4.69) is 0 Å². The average Bonchev–Trinajstić information content (AvgIpc) is 2.36. The molecule has 0 saturated heterocycles. The van der Waals surface area contributed by atoms with Crippen molar-refractivity contribution in [3.05, 3.63) is 46.5 Å². The SMILES string of the molecule is COc1cc(C)c(C(=O)c2c(C)cc(O)cc2O)c(O)c1. The topological polar surface area (TPSA) is 87.0 Å². The van der Waals surface area contributed by atoms with Gasteiger partial charge in [-0.3, -0.25) is 4.79 Å². The fourth-order valence-corrected chi connectivity index (χ4v) is 2.32. The summed E-state index contributed by atoms with van der Waals surface area (Å²) in [6.45, 7) is 3.27. The van der Waals surface area contributed by atoms with E-state index in [1.165, 1.54) is 19.2 Å². The summed E-state index contributed by atoms with van der Waals surface area (Å²) in [5.41, 5.74) is 1.10. The molecule has 0 spiro atoms. The molecule has 3 N–H and O–H groups in total. The third-order valence-electron chi connectivity index (χ3n) is 3.28. The molecule has 2 rings (SSSR count). The van der Waals surface area contributed by atoms with Gasteiger partial charge in [0.15, 0.2) is 0 Å². The molecule has 0 fully saturated rings. The lowest BCUT2D eigenvalue weighted by molar-refractivity contribution is 0.103. The summed E-state index contributed by atoms with van der Waals surface area (Å²) in [6.07, 6.45) is 0. The smallest absolute Gasteiger partial charge is 0.201 e. The maximum Gasteiger partial charge on any atom is 0.201 e. The highest BCUT2D eigenvalue weighted by Crippen LogP contribution is 2.34. The van der Waals surface area contributed by atoms with Crippen molar-refractivity contribution in [2.24, 2.45) is 0 Å². The van der Waals surface area contributed by atoms with Gasteiger partial charge in [-0.2, -0.15) is 0 Å². The van der Waals surface area contributed by atoms with Crippen LogP contribution in [0.5, 0.6) is 23.0 Å². The van der Waals surface area contributed by atoms with Crippen molar-refractivity contribution >= 4 is 5.78 Å². The Labute approximate surface area is 122 Å². The van der Waals surface area contributed by atoms with Gasteiger partial charge in [-0.25, -0.2) is 0 Å². The maximum atomic E-state index is 12.6. The van der Waals surface area contributed by atoms with E-state index in [4.69, 9.17) is 4.74 Å². The number of carbonyl (C=O) groups excluding carboxylic acids is 1. The lowest BCUT2D eigenvalue weighted by Gasteiger charge is -2.13.